The monoisotopic (exact) mass is 554 g/mol. The van der Waals surface area contributed by atoms with E-state index in [0.29, 0.717) is 12.2 Å². The zero-order valence-corrected chi connectivity index (χ0v) is 23.1. The Labute approximate surface area is 238 Å². The van der Waals surface area contributed by atoms with Crippen LogP contribution in [-0.2, 0) is 9.59 Å². The molecule has 0 bridgehead atoms. The minimum Gasteiger partial charge on any atom is -0.507 e. The second-order valence-corrected chi connectivity index (χ2v) is 9.83. The number of carboxylic acid groups (broad SMARTS) is 1. The molecule has 1 unspecified atom stereocenters. The van der Waals surface area contributed by atoms with Gasteiger partial charge in [0.05, 0.1) is 12.6 Å². The first-order valence-electron chi connectivity index (χ1n) is 13.6. The molecule has 1 atom stereocenters. The fraction of sp³-hybridized carbons (Fsp3) is 0.250. The van der Waals surface area contributed by atoms with Gasteiger partial charge in [-0.2, -0.15) is 0 Å². The summed E-state index contributed by atoms with van der Waals surface area (Å²) in [6.07, 6.45) is 1.43. The van der Waals surface area contributed by atoms with Crippen LogP contribution in [0.1, 0.15) is 43.4 Å². The molecule has 0 fully saturated rings. The first-order valence-corrected chi connectivity index (χ1v) is 13.6. The number of nitrogens with zero attached hydrogens (tertiary/aromatic N) is 2. The van der Waals surface area contributed by atoms with E-state index < -0.39 is 6.09 Å². The van der Waals surface area contributed by atoms with E-state index in [1.54, 1.807) is 24.4 Å². The van der Waals surface area contributed by atoms with Crippen LogP contribution in [0.5, 0.6) is 5.75 Å². The van der Waals surface area contributed by atoms with E-state index in [0.717, 1.165) is 37.9 Å². The summed E-state index contributed by atoms with van der Waals surface area (Å²) in [5, 5.41) is 27.0. The molecule has 9 nitrogen and oxygen atoms in total. The Morgan fingerprint density at radius 3 is 2.37 bits per heavy atom. The van der Waals surface area contributed by atoms with Crippen LogP contribution in [0.2, 0.25) is 0 Å². The molecule has 1 aromatic heterocycles. The van der Waals surface area contributed by atoms with Crippen molar-refractivity contribution in [2.45, 2.75) is 39.2 Å². The molecule has 3 amide bonds. The molecule has 4 aromatic rings. The SMILES string of the molecule is CCC(NC(=O)CNC(=O)CCCN(C(=O)O)c1cc(C)ccn1)c1ccc(-c2ccc(O)c3ccccc23)cc1. The van der Waals surface area contributed by atoms with Crippen molar-refractivity contribution >= 4 is 34.5 Å². The van der Waals surface area contributed by atoms with Crippen LogP contribution in [0.4, 0.5) is 10.6 Å². The maximum atomic E-state index is 12.6. The molecular weight excluding hydrogens is 520 g/mol. The molecule has 3 aromatic carbocycles. The van der Waals surface area contributed by atoms with Gasteiger partial charge in [-0.15, -0.1) is 0 Å². The van der Waals surface area contributed by atoms with Gasteiger partial charge in [0.15, 0.2) is 0 Å². The summed E-state index contributed by atoms with van der Waals surface area (Å²) in [4.78, 5) is 41.7. The molecule has 0 radical (unpaired) electrons. The number of hydrogen-bond acceptors (Lipinski definition) is 5. The number of aromatic nitrogens is 1. The average molecular weight is 555 g/mol. The first kappa shape index (κ1) is 29.1. The number of nitrogens with one attached hydrogen (secondary N) is 2. The Morgan fingerprint density at radius 1 is 0.951 bits per heavy atom. The number of anilines is 1. The van der Waals surface area contributed by atoms with Crippen molar-refractivity contribution in [3.63, 3.8) is 0 Å². The number of rotatable bonds is 11. The molecule has 0 spiro atoms. The van der Waals surface area contributed by atoms with Gasteiger partial charge in [0.1, 0.15) is 11.6 Å². The van der Waals surface area contributed by atoms with Crippen LogP contribution in [0.25, 0.3) is 21.9 Å². The van der Waals surface area contributed by atoms with Gasteiger partial charge in [0.25, 0.3) is 0 Å². The van der Waals surface area contributed by atoms with Crippen molar-refractivity contribution in [3.05, 3.63) is 90.1 Å². The van der Waals surface area contributed by atoms with Gasteiger partial charge in [-0.3, -0.25) is 14.5 Å². The van der Waals surface area contributed by atoms with Crippen molar-refractivity contribution in [2.75, 3.05) is 18.0 Å². The van der Waals surface area contributed by atoms with E-state index in [1.807, 2.05) is 68.4 Å². The number of fused-ring (bicyclic) bond motifs is 1. The van der Waals surface area contributed by atoms with Crippen molar-refractivity contribution in [1.29, 1.82) is 0 Å². The van der Waals surface area contributed by atoms with E-state index in [1.165, 1.54) is 0 Å². The summed E-state index contributed by atoms with van der Waals surface area (Å²) < 4.78 is 0. The number of phenolic OH excluding ortho intramolecular Hbond substituents is 1. The fourth-order valence-electron chi connectivity index (χ4n) is 4.74. The van der Waals surface area contributed by atoms with Gasteiger partial charge in [0.2, 0.25) is 11.8 Å². The molecule has 41 heavy (non-hydrogen) atoms. The Hall–Kier alpha value is -4.92. The Morgan fingerprint density at radius 2 is 1.68 bits per heavy atom. The summed E-state index contributed by atoms with van der Waals surface area (Å²) in [5.74, 6) is -0.0906. The van der Waals surface area contributed by atoms with Gasteiger partial charge in [-0.25, -0.2) is 9.78 Å². The van der Waals surface area contributed by atoms with Crippen LogP contribution >= 0.6 is 0 Å². The third-order valence-electron chi connectivity index (χ3n) is 6.91. The molecule has 4 rings (SSSR count). The fourth-order valence-corrected chi connectivity index (χ4v) is 4.74. The highest BCUT2D eigenvalue weighted by Gasteiger charge is 2.17. The quantitative estimate of drug-likeness (QED) is 0.192. The zero-order valence-electron chi connectivity index (χ0n) is 23.1. The molecule has 4 N–H and O–H groups in total. The van der Waals surface area contributed by atoms with E-state index in [2.05, 4.69) is 15.6 Å². The number of carbonyl (C=O) groups is 3. The Kier molecular flexibility index (Phi) is 9.52. The van der Waals surface area contributed by atoms with Crippen LogP contribution < -0.4 is 15.5 Å². The lowest BCUT2D eigenvalue weighted by atomic mass is 9.95. The number of pyridine rings is 1. The van der Waals surface area contributed by atoms with Gasteiger partial charge in [0, 0.05) is 24.5 Å². The Balaban J connectivity index is 1.28. The lowest BCUT2D eigenvalue weighted by Crippen LogP contribution is -2.39. The number of benzene rings is 3. The normalized spacial score (nSPS) is 11.6. The van der Waals surface area contributed by atoms with Gasteiger partial charge in [-0.05, 0) is 65.6 Å². The zero-order chi connectivity index (χ0) is 29.4. The van der Waals surface area contributed by atoms with Crippen molar-refractivity contribution in [1.82, 2.24) is 15.6 Å². The van der Waals surface area contributed by atoms with E-state index in [-0.39, 0.29) is 49.5 Å². The first-order chi connectivity index (χ1) is 19.8. The predicted octanol–water partition coefficient (Wildman–Crippen LogP) is 5.56. The van der Waals surface area contributed by atoms with Crippen LogP contribution in [-0.4, -0.2) is 46.2 Å². The van der Waals surface area contributed by atoms with Crippen molar-refractivity contribution in [3.8, 4) is 16.9 Å². The molecule has 0 aliphatic rings. The largest absolute Gasteiger partial charge is 0.507 e. The minimum atomic E-state index is -1.14. The minimum absolute atomic E-state index is 0.0769. The number of amides is 3. The average Bonchev–Trinajstić information content (AvgIpc) is 2.97. The van der Waals surface area contributed by atoms with E-state index in [4.69, 9.17) is 0 Å². The summed E-state index contributed by atoms with van der Waals surface area (Å²) in [6.45, 7) is 3.76. The third kappa shape index (κ3) is 7.39. The van der Waals surface area contributed by atoms with Gasteiger partial charge >= 0.3 is 6.09 Å². The summed E-state index contributed by atoms with van der Waals surface area (Å²) in [6, 6.07) is 22.4. The van der Waals surface area contributed by atoms with E-state index >= 15 is 0 Å². The van der Waals surface area contributed by atoms with Gasteiger partial charge < -0.3 is 20.8 Å². The predicted molar refractivity (Wildman–Crippen MR) is 159 cm³/mol. The molecule has 212 valence electrons. The van der Waals surface area contributed by atoms with Crippen molar-refractivity contribution < 1.29 is 24.6 Å². The lowest BCUT2D eigenvalue weighted by molar-refractivity contribution is -0.126. The second kappa shape index (κ2) is 13.4. The molecule has 9 heteroatoms. The molecule has 0 saturated heterocycles. The lowest BCUT2D eigenvalue weighted by Gasteiger charge is -2.19. The second-order valence-electron chi connectivity index (χ2n) is 9.83. The number of hydrogen-bond donors (Lipinski definition) is 4. The molecule has 0 saturated carbocycles. The van der Waals surface area contributed by atoms with Crippen LogP contribution in [0.15, 0.2) is 79.0 Å². The Bertz CT molecular complexity index is 1540. The highest BCUT2D eigenvalue weighted by atomic mass is 16.4. The molecular formula is C32H34N4O5. The summed E-state index contributed by atoms with van der Waals surface area (Å²) >= 11 is 0. The van der Waals surface area contributed by atoms with Gasteiger partial charge in [-0.1, -0.05) is 61.5 Å². The van der Waals surface area contributed by atoms with Crippen LogP contribution in [0.3, 0.4) is 0 Å². The van der Waals surface area contributed by atoms with Crippen molar-refractivity contribution in [2.24, 2.45) is 0 Å². The number of phenols is 1. The topological polar surface area (TPSA) is 132 Å². The highest BCUT2D eigenvalue weighted by molar-refractivity contribution is 6.00. The van der Waals surface area contributed by atoms with Crippen LogP contribution in [0, 0.1) is 6.92 Å². The maximum Gasteiger partial charge on any atom is 0.413 e. The highest BCUT2D eigenvalue weighted by Crippen LogP contribution is 2.34. The number of carbonyl (C=O) groups excluding carboxylic acids is 2. The van der Waals surface area contributed by atoms with E-state index in [9.17, 15) is 24.6 Å². The molecule has 1 heterocycles. The summed E-state index contributed by atoms with van der Waals surface area (Å²) in [7, 11) is 0. The molecule has 0 aliphatic heterocycles. The maximum absolute atomic E-state index is 12.6. The molecule has 0 aliphatic carbocycles. The standard InChI is InChI=1S/C32H34N4O5/c1-3-27(23-12-10-22(11-13-23)24-14-15-28(37)26-8-5-4-7-25(24)26)35-31(39)20-34-30(38)9-6-18-36(32(40)41)29-19-21(2)16-17-33-29/h4-5,7-8,10-17,19,27,37H,3,6,9,18,20H2,1-2H3,(H,34,38)(H,35,39)(H,40,41). The smallest absolute Gasteiger partial charge is 0.413 e. The summed E-state index contributed by atoms with van der Waals surface area (Å²) in [5.41, 5.74) is 3.83. The number of aromatic hydroxyl groups is 1. The third-order valence-corrected chi connectivity index (χ3v) is 6.91. The number of aryl methyl sites for hydroxylation is 1.